The van der Waals surface area contributed by atoms with Crippen molar-refractivity contribution in [3.05, 3.63) is 18.2 Å². The van der Waals surface area contributed by atoms with Gasteiger partial charge in [-0.3, -0.25) is 4.79 Å². The highest BCUT2D eigenvalue weighted by molar-refractivity contribution is 7.89. The van der Waals surface area contributed by atoms with E-state index in [4.69, 9.17) is 9.47 Å². The monoisotopic (exact) mass is 398 g/mol. The molecule has 0 bridgehead atoms. The van der Waals surface area contributed by atoms with Crippen molar-refractivity contribution in [1.82, 2.24) is 10.0 Å². The minimum atomic E-state index is -3.59. The van der Waals surface area contributed by atoms with Gasteiger partial charge in [-0.1, -0.05) is 20.3 Å². The SMILES string of the molecule is CC(C)[C@H](C)NC(=O)CCCCCNS(=O)(=O)c1ccc2c(c1)OCCO2. The van der Waals surface area contributed by atoms with Gasteiger partial charge in [-0.05, 0) is 37.8 Å². The maximum Gasteiger partial charge on any atom is 0.240 e. The molecule has 1 aromatic carbocycles. The predicted molar refractivity (Wildman–Crippen MR) is 104 cm³/mol. The number of amides is 1. The lowest BCUT2D eigenvalue weighted by molar-refractivity contribution is -0.122. The Bertz CT molecular complexity index is 734. The Kier molecular flexibility index (Phi) is 7.91. The van der Waals surface area contributed by atoms with Crippen LogP contribution in [0.25, 0.3) is 0 Å². The lowest BCUT2D eigenvalue weighted by Crippen LogP contribution is -2.35. The van der Waals surface area contributed by atoms with Crippen LogP contribution in [0.3, 0.4) is 0 Å². The Morgan fingerprint density at radius 2 is 1.78 bits per heavy atom. The van der Waals surface area contributed by atoms with Crippen LogP contribution in [0.4, 0.5) is 0 Å². The molecule has 0 unspecified atom stereocenters. The van der Waals surface area contributed by atoms with Gasteiger partial charge in [0.25, 0.3) is 0 Å². The first-order valence-corrected chi connectivity index (χ1v) is 11.0. The van der Waals surface area contributed by atoms with Crippen molar-refractivity contribution in [2.75, 3.05) is 19.8 Å². The number of carbonyl (C=O) groups excluding carboxylic acids is 1. The van der Waals surface area contributed by atoms with Crippen LogP contribution in [0.2, 0.25) is 0 Å². The molecule has 1 aliphatic heterocycles. The zero-order valence-electron chi connectivity index (χ0n) is 16.3. The average Bonchev–Trinajstić information content (AvgIpc) is 2.64. The van der Waals surface area contributed by atoms with Gasteiger partial charge in [0.15, 0.2) is 11.5 Å². The van der Waals surface area contributed by atoms with Crippen molar-refractivity contribution >= 4 is 15.9 Å². The summed E-state index contributed by atoms with van der Waals surface area (Å²) in [5.74, 6) is 1.47. The quantitative estimate of drug-likeness (QED) is 0.591. The summed E-state index contributed by atoms with van der Waals surface area (Å²) in [6.07, 6.45) is 2.66. The molecule has 1 aromatic rings. The van der Waals surface area contributed by atoms with E-state index in [-0.39, 0.29) is 16.8 Å². The summed E-state index contributed by atoms with van der Waals surface area (Å²) in [5, 5.41) is 2.97. The van der Waals surface area contributed by atoms with Gasteiger partial charge >= 0.3 is 0 Å². The number of sulfonamides is 1. The van der Waals surface area contributed by atoms with E-state index in [9.17, 15) is 13.2 Å². The van der Waals surface area contributed by atoms with Crippen LogP contribution in [0.5, 0.6) is 11.5 Å². The minimum absolute atomic E-state index is 0.0491. The molecule has 7 nitrogen and oxygen atoms in total. The van der Waals surface area contributed by atoms with Crippen LogP contribution < -0.4 is 19.5 Å². The third-order valence-corrected chi connectivity index (χ3v) is 6.04. The maximum absolute atomic E-state index is 12.4. The molecule has 0 aromatic heterocycles. The van der Waals surface area contributed by atoms with E-state index in [1.54, 1.807) is 6.07 Å². The van der Waals surface area contributed by atoms with Gasteiger partial charge < -0.3 is 14.8 Å². The summed E-state index contributed by atoms with van der Waals surface area (Å²) >= 11 is 0. The van der Waals surface area contributed by atoms with Gasteiger partial charge in [-0.2, -0.15) is 0 Å². The Morgan fingerprint density at radius 3 is 2.48 bits per heavy atom. The highest BCUT2D eigenvalue weighted by Gasteiger charge is 2.19. The van der Waals surface area contributed by atoms with Gasteiger partial charge in [0.05, 0.1) is 4.90 Å². The minimum Gasteiger partial charge on any atom is -0.486 e. The van der Waals surface area contributed by atoms with Crippen molar-refractivity contribution < 1.29 is 22.7 Å². The number of benzene rings is 1. The van der Waals surface area contributed by atoms with Crippen LogP contribution in [0, 0.1) is 5.92 Å². The average molecular weight is 399 g/mol. The molecule has 1 atom stereocenters. The van der Waals surface area contributed by atoms with E-state index in [1.807, 2.05) is 6.92 Å². The van der Waals surface area contributed by atoms with Gasteiger partial charge in [0, 0.05) is 25.1 Å². The highest BCUT2D eigenvalue weighted by Crippen LogP contribution is 2.32. The van der Waals surface area contributed by atoms with Crippen molar-refractivity contribution in [3.63, 3.8) is 0 Å². The molecular weight excluding hydrogens is 368 g/mol. The second-order valence-corrected chi connectivity index (χ2v) is 8.88. The first kappa shape index (κ1) is 21.5. The standard InChI is InChI=1S/C19H30N2O5S/c1-14(2)15(3)21-19(22)7-5-4-6-10-20-27(23,24)16-8-9-17-18(13-16)26-12-11-25-17/h8-9,13-15,20H,4-7,10-12H2,1-3H3,(H,21,22)/t15-/m0/s1. The van der Waals surface area contributed by atoms with E-state index in [1.165, 1.54) is 12.1 Å². The van der Waals surface area contributed by atoms with Crippen LogP contribution in [-0.4, -0.2) is 40.1 Å². The smallest absolute Gasteiger partial charge is 0.240 e. The van der Waals surface area contributed by atoms with Crippen molar-refractivity contribution in [2.45, 2.75) is 57.4 Å². The Hall–Kier alpha value is -1.80. The van der Waals surface area contributed by atoms with Gasteiger partial charge in [-0.25, -0.2) is 13.1 Å². The molecule has 0 spiro atoms. The van der Waals surface area contributed by atoms with E-state index in [0.717, 1.165) is 12.8 Å². The summed E-state index contributed by atoms with van der Waals surface area (Å²) in [4.78, 5) is 12.0. The van der Waals surface area contributed by atoms with Crippen LogP contribution in [0.15, 0.2) is 23.1 Å². The second kappa shape index (κ2) is 9.94. The summed E-state index contributed by atoms with van der Waals surface area (Å²) in [6, 6.07) is 4.77. The van der Waals surface area contributed by atoms with E-state index >= 15 is 0 Å². The third kappa shape index (κ3) is 6.70. The maximum atomic E-state index is 12.4. The third-order valence-electron chi connectivity index (χ3n) is 4.59. The number of hydrogen-bond donors (Lipinski definition) is 2. The number of rotatable bonds is 10. The van der Waals surface area contributed by atoms with Crippen molar-refractivity contribution in [1.29, 1.82) is 0 Å². The van der Waals surface area contributed by atoms with Gasteiger partial charge in [0.2, 0.25) is 15.9 Å². The first-order valence-electron chi connectivity index (χ1n) is 9.48. The number of fused-ring (bicyclic) bond motifs is 1. The van der Waals surface area contributed by atoms with Crippen LogP contribution in [0.1, 0.15) is 46.5 Å². The molecule has 0 saturated heterocycles. The van der Waals surface area contributed by atoms with Crippen molar-refractivity contribution in [2.24, 2.45) is 5.92 Å². The number of carbonyl (C=O) groups is 1. The second-order valence-electron chi connectivity index (χ2n) is 7.11. The molecule has 2 N–H and O–H groups in total. The van der Waals surface area contributed by atoms with Crippen LogP contribution in [-0.2, 0) is 14.8 Å². The van der Waals surface area contributed by atoms with E-state index in [2.05, 4.69) is 23.9 Å². The number of nitrogens with one attached hydrogen (secondary N) is 2. The number of hydrogen-bond acceptors (Lipinski definition) is 5. The lowest BCUT2D eigenvalue weighted by Gasteiger charge is -2.19. The zero-order valence-corrected chi connectivity index (χ0v) is 17.1. The fourth-order valence-electron chi connectivity index (χ4n) is 2.56. The molecule has 1 heterocycles. The Balaban J connectivity index is 1.70. The fourth-order valence-corrected chi connectivity index (χ4v) is 3.65. The first-order chi connectivity index (χ1) is 12.8. The molecule has 0 fully saturated rings. The normalized spacial score (nSPS) is 14.8. The number of unbranched alkanes of at least 4 members (excludes halogenated alkanes) is 2. The Labute approximate surface area is 161 Å². The molecule has 152 valence electrons. The molecule has 0 radical (unpaired) electrons. The predicted octanol–water partition coefficient (Wildman–Crippen LogP) is 2.46. The molecule has 1 amide bonds. The molecule has 0 saturated carbocycles. The van der Waals surface area contributed by atoms with E-state index in [0.29, 0.717) is 50.0 Å². The molecule has 8 heteroatoms. The van der Waals surface area contributed by atoms with E-state index < -0.39 is 10.0 Å². The summed E-state index contributed by atoms with van der Waals surface area (Å²) < 4.78 is 38.2. The zero-order chi connectivity index (χ0) is 19.9. The van der Waals surface area contributed by atoms with Gasteiger partial charge in [-0.15, -0.1) is 0 Å². The highest BCUT2D eigenvalue weighted by atomic mass is 32.2. The Morgan fingerprint density at radius 1 is 1.07 bits per heavy atom. The topological polar surface area (TPSA) is 93.7 Å². The molecule has 1 aliphatic rings. The summed E-state index contributed by atoms with van der Waals surface area (Å²) in [5.41, 5.74) is 0. The van der Waals surface area contributed by atoms with Crippen LogP contribution >= 0.6 is 0 Å². The lowest BCUT2D eigenvalue weighted by atomic mass is 10.1. The summed E-state index contributed by atoms with van der Waals surface area (Å²) in [6.45, 7) is 7.34. The fraction of sp³-hybridized carbons (Fsp3) is 0.632. The van der Waals surface area contributed by atoms with Gasteiger partial charge in [0.1, 0.15) is 13.2 Å². The molecule has 2 rings (SSSR count). The largest absolute Gasteiger partial charge is 0.486 e. The molecule has 0 aliphatic carbocycles. The van der Waals surface area contributed by atoms with Crippen molar-refractivity contribution in [3.8, 4) is 11.5 Å². The summed E-state index contributed by atoms with van der Waals surface area (Å²) in [7, 11) is -3.59. The molecule has 27 heavy (non-hydrogen) atoms. The molecular formula is C19H30N2O5S. The number of ether oxygens (including phenoxy) is 2.